The van der Waals surface area contributed by atoms with E-state index in [0.29, 0.717) is 23.9 Å². The highest BCUT2D eigenvalue weighted by Gasteiger charge is 2.32. The zero-order chi connectivity index (χ0) is 17.5. The summed E-state index contributed by atoms with van der Waals surface area (Å²) in [6.45, 7) is 6.36. The van der Waals surface area contributed by atoms with E-state index in [9.17, 15) is 9.59 Å². The Morgan fingerprint density at radius 1 is 1.36 bits per heavy atom. The van der Waals surface area contributed by atoms with E-state index in [1.807, 2.05) is 26.0 Å². The Balaban J connectivity index is 0.00000312. The van der Waals surface area contributed by atoms with Crippen molar-refractivity contribution in [3.63, 3.8) is 0 Å². The van der Waals surface area contributed by atoms with Crippen LogP contribution >= 0.6 is 12.4 Å². The van der Waals surface area contributed by atoms with Crippen molar-refractivity contribution >= 4 is 29.9 Å². The summed E-state index contributed by atoms with van der Waals surface area (Å²) in [5.41, 5.74) is 0.616. The van der Waals surface area contributed by atoms with E-state index in [2.05, 4.69) is 10.6 Å². The number of carbonyl (C=O) groups excluding carboxylic acids is 2. The minimum Gasteiger partial charge on any atom is -0.495 e. The van der Waals surface area contributed by atoms with Crippen molar-refractivity contribution in [1.29, 1.82) is 0 Å². The molecule has 2 amide bonds. The van der Waals surface area contributed by atoms with Crippen LogP contribution in [0.4, 0.5) is 5.69 Å². The van der Waals surface area contributed by atoms with Gasteiger partial charge in [0.2, 0.25) is 11.8 Å². The van der Waals surface area contributed by atoms with E-state index in [1.54, 1.807) is 24.1 Å². The summed E-state index contributed by atoms with van der Waals surface area (Å²) in [4.78, 5) is 26.7. The summed E-state index contributed by atoms with van der Waals surface area (Å²) in [6, 6.07) is 7.25. The van der Waals surface area contributed by atoms with Gasteiger partial charge in [0.15, 0.2) is 0 Å². The van der Waals surface area contributed by atoms with Gasteiger partial charge >= 0.3 is 0 Å². The maximum atomic E-state index is 12.7. The molecule has 1 aliphatic heterocycles. The number of benzene rings is 1. The first-order valence-electron chi connectivity index (χ1n) is 8.49. The first kappa shape index (κ1) is 21.3. The molecule has 6 nitrogen and oxygen atoms in total. The normalized spacial score (nSPS) is 14.7. The lowest BCUT2D eigenvalue weighted by atomic mass is 9.88. The fourth-order valence-electron chi connectivity index (χ4n) is 2.80. The Morgan fingerprint density at radius 2 is 2.04 bits per heavy atom. The van der Waals surface area contributed by atoms with Gasteiger partial charge in [0, 0.05) is 12.5 Å². The van der Waals surface area contributed by atoms with Gasteiger partial charge in [0.25, 0.3) is 0 Å². The molecule has 1 unspecified atom stereocenters. The van der Waals surface area contributed by atoms with Crippen molar-refractivity contribution < 1.29 is 14.3 Å². The van der Waals surface area contributed by atoms with E-state index in [0.717, 1.165) is 19.5 Å². The van der Waals surface area contributed by atoms with E-state index in [4.69, 9.17) is 4.74 Å². The summed E-state index contributed by atoms with van der Waals surface area (Å²) < 4.78 is 5.24. The van der Waals surface area contributed by atoms with E-state index in [-0.39, 0.29) is 36.7 Å². The molecule has 0 aliphatic carbocycles. The van der Waals surface area contributed by atoms with Crippen molar-refractivity contribution in [3.8, 4) is 5.75 Å². The molecular weight excluding hydrogens is 342 g/mol. The minimum atomic E-state index is -0.208. The van der Waals surface area contributed by atoms with Crippen molar-refractivity contribution in [2.75, 3.05) is 38.6 Å². The highest BCUT2D eigenvalue weighted by atomic mass is 35.5. The van der Waals surface area contributed by atoms with Crippen LogP contribution in [-0.2, 0) is 9.59 Å². The van der Waals surface area contributed by atoms with Gasteiger partial charge in [-0.15, -0.1) is 12.4 Å². The van der Waals surface area contributed by atoms with Crippen LogP contribution in [0.15, 0.2) is 24.3 Å². The van der Waals surface area contributed by atoms with Gasteiger partial charge < -0.3 is 20.3 Å². The Hall–Kier alpha value is -1.79. The van der Waals surface area contributed by atoms with Crippen LogP contribution in [0.1, 0.15) is 20.3 Å². The quantitative estimate of drug-likeness (QED) is 0.736. The van der Waals surface area contributed by atoms with Crippen molar-refractivity contribution in [1.82, 2.24) is 10.2 Å². The van der Waals surface area contributed by atoms with Crippen molar-refractivity contribution in [3.05, 3.63) is 24.3 Å². The SMILES string of the molecule is CCCN(CC(=O)Nc1ccccc1OC)C(=O)C(C)C1CNC1.Cl. The summed E-state index contributed by atoms with van der Waals surface area (Å²) in [7, 11) is 1.56. The van der Waals surface area contributed by atoms with Gasteiger partial charge in [0.05, 0.1) is 19.3 Å². The number of carbonyl (C=O) groups is 2. The molecule has 2 rings (SSSR count). The topological polar surface area (TPSA) is 70.7 Å². The predicted molar refractivity (Wildman–Crippen MR) is 101 cm³/mol. The second-order valence-corrected chi connectivity index (χ2v) is 6.22. The van der Waals surface area contributed by atoms with Crippen LogP contribution in [0.25, 0.3) is 0 Å². The van der Waals surface area contributed by atoms with Crippen LogP contribution in [-0.4, -0.2) is 50.0 Å². The molecule has 0 bridgehead atoms. The third-order valence-electron chi connectivity index (χ3n) is 4.43. The first-order valence-corrected chi connectivity index (χ1v) is 8.49. The van der Waals surface area contributed by atoms with E-state index >= 15 is 0 Å². The smallest absolute Gasteiger partial charge is 0.244 e. The number of amides is 2. The Bertz CT molecular complexity index is 578. The highest BCUT2D eigenvalue weighted by Crippen LogP contribution is 2.23. The second kappa shape index (κ2) is 10.3. The fraction of sp³-hybridized carbons (Fsp3) is 0.556. The number of nitrogens with one attached hydrogen (secondary N) is 2. The monoisotopic (exact) mass is 369 g/mol. The second-order valence-electron chi connectivity index (χ2n) is 6.22. The van der Waals surface area contributed by atoms with Gasteiger partial charge in [-0.25, -0.2) is 0 Å². The van der Waals surface area contributed by atoms with Crippen molar-refractivity contribution in [2.24, 2.45) is 11.8 Å². The largest absolute Gasteiger partial charge is 0.495 e. The van der Waals surface area contributed by atoms with Gasteiger partial charge in [-0.3, -0.25) is 9.59 Å². The van der Waals surface area contributed by atoms with Crippen molar-refractivity contribution in [2.45, 2.75) is 20.3 Å². The number of para-hydroxylation sites is 2. The predicted octanol–water partition coefficient (Wildman–Crippen LogP) is 2.15. The van der Waals surface area contributed by atoms with Crippen LogP contribution in [0.5, 0.6) is 5.75 Å². The van der Waals surface area contributed by atoms with E-state index in [1.165, 1.54) is 0 Å². The molecule has 0 spiro atoms. The van der Waals surface area contributed by atoms with Crippen LogP contribution in [0.2, 0.25) is 0 Å². The molecule has 25 heavy (non-hydrogen) atoms. The lowest BCUT2D eigenvalue weighted by molar-refractivity contribution is -0.140. The summed E-state index contributed by atoms with van der Waals surface area (Å²) in [5, 5.41) is 6.02. The molecule has 1 aliphatic rings. The number of rotatable bonds is 8. The molecule has 7 heteroatoms. The lowest BCUT2D eigenvalue weighted by Crippen LogP contribution is -2.51. The Kier molecular flexibility index (Phi) is 8.72. The number of ether oxygens (including phenoxy) is 1. The van der Waals surface area contributed by atoms with Gasteiger partial charge in [-0.1, -0.05) is 26.0 Å². The van der Waals surface area contributed by atoms with Crippen LogP contribution < -0.4 is 15.4 Å². The van der Waals surface area contributed by atoms with Gasteiger partial charge in [-0.2, -0.15) is 0 Å². The number of halogens is 1. The molecule has 0 saturated carbocycles. The molecule has 1 heterocycles. The number of anilines is 1. The van der Waals surface area contributed by atoms with Crippen LogP contribution in [0.3, 0.4) is 0 Å². The average Bonchev–Trinajstić information content (AvgIpc) is 2.52. The number of hydrogen-bond acceptors (Lipinski definition) is 4. The maximum absolute atomic E-state index is 12.7. The highest BCUT2D eigenvalue weighted by molar-refractivity contribution is 5.96. The Labute approximate surface area is 155 Å². The summed E-state index contributed by atoms with van der Waals surface area (Å²) >= 11 is 0. The van der Waals surface area contributed by atoms with Crippen LogP contribution in [0, 0.1) is 11.8 Å². The molecule has 1 saturated heterocycles. The summed E-state index contributed by atoms with van der Waals surface area (Å²) in [5.74, 6) is 0.762. The van der Waals surface area contributed by atoms with Gasteiger partial charge in [-0.05, 0) is 37.6 Å². The summed E-state index contributed by atoms with van der Waals surface area (Å²) in [6.07, 6.45) is 0.823. The van der Waals surface area contributed by atoms with E-state index < -0.39 is 0 Å². The molecule has 0 aromatic heterocycles. The van der Waals surface area contributed by atoms with Gasteiger partial charge in [0.1, 0.15) is 5.75 Å². The molecule has 1 atom stereocenters. The molecule has 0 radical (unpaired) electrons. The zero-order valence-electron chi connectivity index (χ0n) is 15.1. The first-order chi connectivity index (χ1) is 11.6. The molecule has 140 valence electrons. The zero-order valence-corrected chi connectivity index (χ0v) is 15.9. The molecule has 1 fully saturated rings. The fourth-order valence-corrected chi connectivity index (χ4v) is 2.80. The maximum Gasteiger partial charge on any atom is 0.244 e. The molecule has 2 N–H and O–H groups in total. The average molecular weight is 370 g/mol. The molecular formula is C18H28ClN3O3. The number of methoxy groups -OCH3 is 1. The third-order valence-corrected chi connectivity index (χ3v) is 4.43. The Morgan fingerprint density at radius 3 is 2.60 bits per heavy atom. The standard InChI is InChI=1S/C18H27N3O3.ClH/c1-4-9-21(18(23)13(2)14-10-19-11-14)12-17(22)20-15-7-5-6-8-16(15)24-3;/h5-8,13-14,19H,4,9-12H2,1-3H3,(H,20,22);1H. The molecule has 1 aromatic rings. The minimum absolute atomic E-state index is 0. The lowest BCUT2D eigenvalue weighted by Gasteiger charge is -2.34. The third kappa shape index (κ3) is 5.61. The number of hydrogen-bond donors (Lipinski definition) is 2. The number of nitrogens with zero attached hydrogens (tertiary/aromatic N) is 1. The molecule has 1 aromatic carbocycles.